The van der Waals surface area contributed by atoms with Gasteiger partial charge in [0.2, 0.25) is 5.91 Å². The fourth-order valence-electron chi connectivity index (χ4n) is 1.31. The molecule has 0 fully saturated rings. The third-order valence-electron chi connectivity index (χ3n) is 2.33. The van der Waals surface area contributed by atoms with E-state index in [9.17, 15) is 14.0 Å². The Morgan fingerprint density at radius 3 is 2.74 bits per heavy atom. The van der Waals surface area contributed by atoms with Crippen LogP contribution in [0, 0.1) is 17.7 Å². The zero-order valence-electron chi connectivity index (χ0n) is 10.4. The standard InChI is InChI=1S/C13H14FN3O2/c1-8(12(16)18)17-13(19)11-7-10(14)5-4-9(11)3-2-6-15/h4-5,7-8H,6,15H2,1H3,(H2,16,18)(H,17,19). The topological polar surface area (TPSA) is 98.2 Å². The Morgan fingerprint density at radius 2 is 2.16 bits per heavy atom. The van der Waals surface area contributed by atoms with Crippen molar-refractivity contribution < 1.29 is 14.0 Å². The summed E-state index contributed by atoms with van der Waals surface area (Å²) < 4.78 is 13.2. The quantitative estimate of drug-likeness (QED) is 0.655. The first-order chi connectivity index (χ1) is 8.95. The van der Waals surface area contributed by atoms with Crippen LogP contribution in [0.1, 0.15) is 22.8 Å². The molecule has 0 aliphatic rings. The molecule has 100 valence electrons. The minimum atomic E-state index is -0.855. The molecule has 0 aliphatic carbocycles. The molecule has 1 aromatic rings. The van der Waals surface area contributed by atoms with E-state index in [0.717, 1.165) is 6.07 Å². The molecule has 5 N–H and O–H groups in total. The van der Waals surface area contributed by atoms with Crippen molar-refractivity contribution in [3.8, 4) is 11.8 Å². The van der Waals surface area contributed by atoms with E-state index >= 15 is 0 Å². The van der Waals surface area contributed by atoms with Gasteiger partial charge in [0, 0.05) is 5.56 Å². The summed E-state index contributed by atoms with van der Waals surface area (Å²) in [5, 5.41) is 2.36. The molecule has 0 aromatic heterocycles. The molecule has 0 heterocycles. The molecule has 0 saturated heterocycles. The Labute approximate surface area is 110 Å². The fourth-order valence-corrected chi connectivity index (χ4v) is 1.31. The van der Waals surface area contributed by atoms with Crippen LogP contribution < -0.4 is 16.8 Å². The van der Waals surface area contributed by atoms with Crippen LogP contribution in [-0.2, 0) is 4.79 Å². The van der Waals surface area contributed by atoms with E-state index in [2.05, 4.69) is 17.2 Å². The highest BCUT2D eigenvalue weighted by molar-refractivity contribution is 5.99. The third-order valence-corrected chi connectivity index (χ3v) is 2.33. The van der Waals surface area contributed by atoms with Crippen molar-refractivity contribution in [2.45, 2.75) is 13.0 Å². The predicted molar refractivity (Wildman–Crippen MR) is 68.5 cm³/mol. The van der Waals surface area contributed by atoms with Gasteiger partial charge in [0.1, 0.15) is 11.9 Å². The van der Waals surface area contributed by atoms with Crippen LogP contribution in [0.3, 0.4) is 0 Å². The number of rotatable bonds is 3. The van der Waals surface area contributed by atoms with Crippen molar-refractivity contribution in [3.05, 3.63) is 35.1 Å². The zero-order valence-corrected chi connectivity index (χ0v) is 10.4. The van der Waals surface area contributed by atoms with Gasteiger partial charge in [0.25, 0.3) is 5.91 Å². The van der Waals surface area contributed by atoms with Gasteiger partial charge in [-0.15, -0.1) is 0 Å². The van der Waals surface area contributed by atoms with Gasteiger partial charge in [-0.3, -0.25) is 9.59 Å². The SMILES string of the molecule is CC(NC(=O)c1cc(F)ccc1C#CCN)C(N)=O. The summed E-state index contributed by atoms with van der Waals surface area (Å²) in [6, 6.07) is 2.76. The average Bonchev–Trinajstić information content (AvgIpc) is 2.36. The number of hydrogen-bond acceptors (Lipinski definition) is 3. The van der Waals surface area contributed by atoms with E-state index in [-0.39, 0.29) is 12.1 Å². The van der Waals surface area contributed by atoms with Crippen molar-refractivity contribution in [2.75, 3.05) is 6.54 Å². The van der Waals surface area contributed by atoms with E-state index in [4.69, 9.17) is 11.5 Å². The Bertz CT molecular complexity index is 561. The summed E-state index contributed by atoms with van der Waals surface area (Å²) in [7, 11) is 0. The van der Waals surface area contributed by atoms with Crippen LogP contribution in [0.2, 0.25) is 0 Å². The summed E-state index contributed by atoms with van der Waals surface area (Å²) >= 11 is 0. The number of amides is 2. The average molecular weight is 263 g/mol. The van der Waals surface area contributed by atoms with Gasteiger partial charge in [-0.1, -0.05) is 11.8 Å². The molecule has 0 radical (unpaired) electrons. The largest absolute Gasteiger partial charge is 0.368 e. The molecule has 1 atom stereocenters. The molecule has 2 amide bonds. The Morgan fingerprint density at radius 1 is 1.47 bits per heavy atom. The lowest BCUT2D eigenvalue weighted by atomic mass is 10.1. The lowest BCUT2D eigenvalue weighted by Gasteiger charge is -2.11. The highest BCUT2D eigenvalue weighted by Crippen LogP contribution is 2.10. The summed E-state index contributed by atoms with van der Waals surface area (Å²) in [6.45, 7) is 1.56. The Hall–Kier alpha value is -2.39. The third kappa shape index (κ3) is 4.08. The molecule has 6 heteroatoms. The Kier molecular flexibility index (Phi) is 5.03. The van der Waals surface area contributed by atoms with Crippen molar-refractivity contribution in [1.82, 2.24) is 5.32 Å². The molecule has 0 saturated carbocycles. The molecule has 19 heavy (non-hydrogen) atoms. The summed E-state index contributed by atoms with van der Waals surface area (Å²) in [6.07, 6.45) is 0. The van der Waals surface area contributed by atoms with E-state index in [1.165, 1.54) is 19.1 Å². The first kappa shape index (κ1) is 14.7. The molecule has 1 aromatic carbocycles. The van der Waals surface area contributed by atoms with Crippen molar-refractivity contribution in [2.24, 2.45) is 11.5 Å². The minimum absolute atomic E-state index is 0.0362. The van der Waals surface area contributed by atoms with Crippen molar-refractivity contribution >= 4 is 11.8 Å². The number of nitrogens with one attached hydrogen (secondary N) is 1. The van der Waals surface area contributed by atoms with Gasteiger partial charge in [0.05, 0.1) is 12.1 Å². The molecular formula is C13H14FN3O2. The van der Waals surface area contributed by atoms with Crippen LogP contribution in [0.5, 0.6) is 0 Å². The van der Waals surface area contributed by atoms with Gasteiger partial charge < -0.3 is 16.8 Å². The van der Waals surface area contributed by atoms with E-state index in [1.807, 2.05) is 0 Å². The smallest absolute Gasteiger partial charge is 0.253 e. The van der Waals surface area contributed by atoms with Crippen LogP contribution >= 0.6 is 0 Å². The molecule has 5 nitrogen and oxygen atoms in total. The van der Waals surface area contributed by atoms with Crippen LogP contribution in [0.25, 0.3) is 0 Å². The number of primary amides is 1. The predicted octanol–water partition coefficient (Wildman–Crippen LogP) is -0.260. The number of hydrogen-bond donors (Lipinski definition) is 3. The maximum atomic E-state index is 13.2. The fraction of sp³-hybridized carbons (Fsp3) is 0.231. The van der Waals surface area contributed by atoms with Gasteiger partial charge in [-0.25, -0.2) is 4.39 Å². The first-order valence-electron chi connectivity index (χ1n) is 5.54. The maximum absolute atomic E-state index is 13.2. The zero-order chi connectivity index (χ0) is 14.4. The lowest BCUT2D eigenvalue weighted by molar-refractivity contribution is -0.119. The molecule has 1 unspecified atom stereocenters. The first-order valence-corrected chi connectivity index (χ1v) is 5.54. The van der Waals surface area contributed by atoms with E-state index in [1.54, 1.807) is 0 Å². The van der Waals surface area contributed by atoms with Gasteiger partial charge in [-0.2, -0.15) is 0 Å². The highest BCUT2D eigenvalue weighted by Gasteiger charge is 2.16. The maximum Gasteiger partial charge on any atom is 0.253 e. The summed E-state index contributed by atoms with van der Waals surface area (Å²) in [5.41, 5.74) is 10.7. The molecule has 0 spiro atoms. The van der Waals surface area contributed by atoms with Gasteiger partial charge >= 0.3 is 0 Å². The molecule has 0 bridgehead atoms. The van der Waals surface area contributed by atoms with E-state index < -0.39 is 23.7 Å². The highest BCUT2D eigenvalue weighted by atomic mass is 19.1. The Balaban J connectivity index is 3.07. The minimum Gasteiger partial charge on any atom is -0.368 e. The van der Waals surface area contributed by atoms with Crippen molar-refractivity contribution in [3.63, 3.8) is 0 Å². The molecular weight excluding hydrogens is 249 g/mol. The number of benzene rings is 1. The lowest BCUT2D eigenvalue weighted by Crippen LogP contribution is -2.42. The number of halogens is 1. The van der Waals surface area contributed by atoms with Gasteiger partial charge in [0.15, 0.2) is 0 Å². The van der Waals surface area contributed by atoms with E-state index in [0.29, 0.717) is 5.56 Å². The molecule has 1 rings (SSSR count). The number of carbonyl (C=O) groups excluding carboxylic acids is 2. The number of nitrogens with two attached hydrogens (primary N) is 2. The van der Waals surface area contributed by atoms with Crippen LogP contribution in [0.4, 0.5) is 4.39 Å². The van der Waals surface area contributed by atoms with Crippen molar-refractivity contribution in [1.29, 1.82) is 0 Å². The normalized spacial score (nSPS) is 11.1. The number of carbonyl (C=O) groups is 2. The second-order valence-corrected chi connectivity index (χ2v) is 3.79. The van der Waals surface area contributed by atoms with Crippen LogP contribution in [0.15, 0.2) is 18.2 Å². The molecule has 0 aliphatic heterocycles. The summed E-state index contributed by atoms with van der Waals surface area (Å²) in [4.78, 5) is 22.8. The summed E-state index contributed by atoms with van der Waals surface area (Å²) in [5.74, 6) is 3.37. The second-order valence-electron chi connectivity index (χ2n) is 3.79. The monoisotopic (exact) mass is 263 g/mol. The second kappa shape index (κ2) is 6.52. The van der Waals surface area contributed by atoms with Gasteiger partial charge in [-0.05, 0) is 25.1 Å². The van der Waals surface area contributed by atoms with Crippen LogP contribution in [-0.4, -0.2) is 24.4 Å².